The first kappa shape index (κ1) is 20.7. The van der Waals surface area contributed by atoms with Crippen molar-refractivity contribution >= 4 is 21.6 Å². The first-order valence-corrected chi connectivity index (χ1v) is 9.60. The molecule has 0 bridgehead atoms. The van der Waals surface area contributed by atoms with Crippen LogP contribution in [0.3, 0.4) is 0 Å². The van der Waals surface area contributed by atoms with E-state index in [9.17, 15) is 21.6 Å². The van der Waals surface area contributed by atoms with Crippen molar-refractivity contribution in [3.05, 3.63) is 24.4 Å². The summed E-state index contributed by atoms with van der Waals surface area (Å²) < 4.78 is 66.8. The number of anilines is 2. The molecular formula is C16H19F3N4O3S. The van der Waals surface area contributed by atoms with E-state index in [0.29, 0.717) is 0 Å². The van der Waals surface area contributed by atoms with Crippen molar-refractivity contribution in [1.82, 2.24) is 9.97 Å². The first-order chi connectivity index (χ1) is 12.4. The van der Waals surface area contributed by atoms with Gasteiger partial charge >= 0.3 is 6.36 Å². The third-order valence-electron chi connectivity index (χ3n) is 3.44. The third-order valence-corrected chi connectivity index (χ3v) is 5.17. The lowest BCUT2D eigenvalue weighted by molar-refractivity contribution is -0.274. The van der Waals surface area contributed by atoms with Crippen LogP contribution in [0.1, 0.15) is 20.8 Å². The zero-order valence-electron chi connectivity index (χ0n) is 14.8. The molecule has 2 aromatic rings. The second-order valence-electron chi connectivity index (χ2n) is 5.90. The van der Waals surface area contributed by atoms with Crippen molar-refractivity contribution < 1.29 is 26.3 Å². The molecule has 1 aromatic heterocycles. The van der Waals surface area contributed by atoms with Crippen LogP contribution in [0.15, 0.2) is 29.3 Å². The second-order valence-corrected chi connectivity index (χ2v) is 8.18. The van der Waals surface area contributed by atoms with Gasteiger partial charge in [-0.2, -0.15) is 4.98 Å². The molecule has 0 radical (unpaired) electrons. The van der Waals surface area contributed by atoms with Gasteiger partial charge in [0.15, 0.2) is 9.84 Å². The number of nitrogens with zero attached hydrogens (tertiary/aromatic N) is 2. The van der Waals surface area contributed by atoms with Crippen LogP contribution in [0.25, 0.3) is 11.1 Å². The minimum Gasteiger partial charge on any atom is -0.405 e. The van der Waals surface area contributed by atoms with Crippen LogP contribution in [0.4, 0.5) is 24.9 Å². The van der Waals surface area contributed by atoms with Crippen LogP contribution in [-0.2, 0) is 9.84 Å². The van der Waals surface area contributed by atoms with Crippen LogP contribution in [0, 0.1) is 0 Å². The summed E-state index contributed by atoms with van der Waals surface area (Å²) in [5.74, 6) is -0.790. The average molecular weight is 404 g/mol. The molecule has 0 atom stereocenters. The highest BCUT2D eigenvalue weighted by Crippen LogP contribution is 2.38. The van der Waals surface area contributed by atoms with Crippen LogP contribution in [0.5, 0.6) is 5.75 Å². The second kappa shape index (κ2) is 7.59. The molecule has 148 valence electrons. The number of nitrogen functional groups attached to an aromatic ring is 1. The van der Waals surface area contributed by atoms with Gasteiger partial charge in [0.2, 0.25) is 5.95 Å². The average Bonchev–Trinajstić information content (AvgIpc) is 2.53. The number of rotatable bonds is 6. The van der Waals surface area contributed by atoms with Gasteiger partial charge in [-0.25, -0.2) is 13.4 Å². The number of alkyl halides is 3. The predicted molar refractivity (Wildman–Crippen MR) is 95.0 cm³/mol. The molecule has 0 amide bonds. The van der Waals surface area contributed by atoms with Crippen molar-refractivity contribution in [2.45, 2.75) is 38.1 Å². The highest BCUT2D eigenvalue weighted by Gasteiger charge is 2.33. The molecule has 11 heteroatoms. The predicted octanol–water partition coefficient (Wildman–Crippen LogP) is 3.24. The van der Waals surface area contributed by atoms with Gasteiger partial charge in [0.05, 0.1) is 10.6 Å². The van der Waals surface area contributed by atoms with E-state index in [4.69, 9.17) is 5.73 Å². The molecule has 2 rings (SSSR count). The van der Waals surface area contributed by atoms with E-state index in [-0.39, 0.29) is 39.6 Å². The van der Waals surface area contributed by atoms with Gasteiger partial charge in [-0.15, -0.1) is 13.2 Å². The van der Waals surface area contributed by atoms with E-state index >= 15 is 0 Å². The van der Waals surface area contributed by atoms with Crippen molar-refractivity contribution in [3.63, 3.8) is 0 Å². The van der Waals surface area contributed by atoms with Crippen molar-refractivity contribution in [2.24, 2.45) is 0 Å². The maximum atomic E-state index is 12.9. The molecule has 1 aromatic carbocycles. The van der Waals surface area contributed by atoms with Crippen molar-refractivity contribution in [2.75, 3.05) is 16.8 Å². The summed E-state index contributed by atoms with van der Waals surface area (Å²) in [6.45, 7) is 5.02. The number of aromatic nitrogens is 2. The summed E-state index contributed by atoms with van der Waals surface area (Å²) in [6.07, 6.45) is -3.76. The van der Waals surface area contributed by atoms with Gasteiger partial charge in [0.1, 0.15) is 11.6 Å². The molecule has 0 spiro atoms. The Kier molecular flexibility index (Phi) is 5.83. The zero-order valence-corrected chi connectivity index (χ0v) is 15.6. The van der Waals surface area contributed by atoms with Gasteiger partial charge in [-0.1, -0.05) is 6.92 Å². The highest BCUT2D eigenvalue weighted by molar-refractivity contribution is 7.91. The minimum absolute atomic E-state index is 0.0227. The van der Waals surface area contributed by atoms with E-state index in [1.165, 1.54) is 25.3 Å². The summed E-state index contributed by atoms with van der Waals surface area (Å²) in [5.41, 5.74) is 5.74. The number of benzene rings is 1. The van der Waals surface area contributed by atoms with E-state index < -0.39 is 21.9 Å². The van der Waals surface area contributed by atoms with Crippen LogP contribution in [-0.4, -0.2) is 36.5 Å². The van der Waals surface area contributed by atoms with Gasteiger partial charge in [0, 0.05) is 23.4 Å². The largest absolute Gasteiger partial charge is 0.573 e. The Morgan fingerprint density at radius 3 is 2.48 bits per heavy atom. The number of hydrogen-bond acceptors (Lipinski definition) is 7. The fourth-order valence-corrected chi connectivity index (χ4v) is 3.17. The molecule has 0 aliphatic carbocycles. The molecule has 0 aliphatic rings. The Bertz CT molecular complexity index is 931. The molecule has 0 unspecified atom stereocenters. The molecular weight excluding hydrogens is 385 g/mol. The van der Waals surface area contributed by atoms with Crippen LogP contribution in [0.2, 0.25) is 0 Å². The normalized spacial score (nSPS) is 12.3. The monoisotopic (exact) mass is 404 g/mol. The number of sulfone groups is 1. The van der Waals surface area contributed by atoms with Gasteiger partial charge in [-0.3, -0.25) is 0 Å². The maximum Gasteiger partial charge on any atom is 0.573 e. The molecule has 1 heterocycles. The third kappa shape index (κ3) is 5.22. The van der Waals surface area contributed by atoms with E-state index in [2.05, 4.69) is 20.0 Å². The first-order valence-electron chi connectivity index (χ1n) is 7.95. The fraction of sp³-hybridized carbons (Fsp3) is 0.375. The number of nitrogens with one attached hydrogen (secondary N) is 1. The van der Waals surface area contributed by atoms with Crippen LogP contribution >= 0.6 is 0 Å². The van der Waals surface area contributed by atoms with Gasteiger partial charge in [0.25, 0.3) is 0 Å². The van der Waals surface area contributed by atoms with Crippen molar-refractivity contribution in [3.8, 4) is 16.9 Å². The zero-order chi connectivity index (χ0) is 20.4. The van der Waals surface area contributed by atoms with E-state index in [1.54, 1.807) is 0 Å². The summed E-state index contributed by atoms with van der Waals surface area (Å²) >= 11 is 0. The standard InChI is InChI=1S/C16H19F3N4O3S/c1-4-27(24,25)10-5-6-11(13(7-10)26-16(17,18)19)12-8-21-15(20)23-14(12)22-9(2)3/h5-9H,4H2,1-3H3,(H3,20,21,22,23). The fourth-order valence-electron chi connectivity index (χ4n) is 2.27. The van der Waals surface area contributed by atoms with Crippen molar-refractivity contribution in [1.29, 1.82) is 0 Å². The summed E-state index contributed by atoms with van der Waals surface area (Å²) in [4.78, 5) is 7.56. The smallest absolute Gasteiger partial charge is 0.405 e. The Morgan fingerprint density at radius 1 is 1.26 bits per heavy atom. The quantitative estimate of drug-likeness (QED) is 0.761. The number of hydrogen-bond donors (Lipinski definition) is 2. The molecule has 27 heavy (non-hydrogen) atoms. The summed E-state index contributed by atoms with van der Waals surface area (Å²) in [5, 5.41) is 2.97. The van der Waals surface area contributed by atoms with Gasteiger partial charge < -0.3 is 15.8 Å². The molecule has 0 aliphatic heterocycles. The lowest BCUT2D eigenvalue weighted by Crippen LogP contribution is -2.19. The maximum absolute atomic E-state index is 12.9. The van der Waals surface area contributed by atoms with Crippen LogP contribution < -0.4 is 15.8 Å². The summed E-state index contributed by atoms with van der Waals surface area (Å²) in [6, 6.07) is 3.19. The molecule has 0 saturated carbocycles. The number of ether oxygens (including phenoxy) is 1. The minimum atomic E-state index is -5.01. The SMILES string of the molecule is CCS(=O)(=O)c1ccc(-c2cnc(N)nc2NC(C)C)c(OC(F)(F)F)c1. The number of nitrogens with two attached hydrogens (primary N) is 1. The Morgan fingerprint density at radius 2 is 1.93 bits per heavy atom. The van der Waals surface area contributed by atoms with E-state index in [0.717, 1.165) is 6.07 Å². The molecule has 7 nitrogen and oxygen atoms in total. The Hall–Kier alpha value is -2.56. The van der Waals surface area contributed by atoms with Gasteiger partial charge in [-0.05, 0) is 32.0 Å². The summed E-state index contributed by atoms with van der Waals surface area (Å²) in [7, 11) is -3.73. The Balaban J connectivity index is 2.69. The Labute approximate surface area is 154 Å². The number of halogens is 3. The molecule has 0 saturated heterocycles. The molecule has 3 N–H and O–H groups in total. The lowest BCUT2D eigenvalue weighted by Gasteiger charge is -2.18. The lowest BCUT2D eigenvalue weighted by atomic mass is 10.1. The molecule has 0 fully saturated rings. The van der Waals surface area contributed by atoms with E-state index in [1.807, 2.05) is 13.8 Å². The highest BCUT2D eigenvalue weighted by atomic mass is 32.2. The topological polar surface area (TPSA) is 107 Å².